The van der Waals surface area contributed by atoms with E-state index in [0.717, 1.165) is 35.1 Å². The number of amides is 5. The highest BCUT2D eigenvalue weighted by Crippen LogP contribution is 2.36. The molecule has 2 saturated heterocycles. The molecule has 1 atom stereocenters. The Bertz CT molecular complexity index is 1590. The number of H-pyrrole nitrogens is 1. The van der Waals surface area contributed by atoms with E-state index in [1.54, 1.807) is 18.2 Å². The number of halogens is 1. The molecule has 2 fully saturated rings. The summed E-state index contributed by atoms with van der Waals surface area (Å²) in [5, 5.41) is 11.7. The average Bonchev–Trinajstić information content (AvgIpc) is 3.47. The Morgan fingerprint density at radius 1 is 0.976 bits per heavy atom. The van der Waals surface area contributed by atoms with E-state index in [-0.39, 0.29) is 41.5 Å². The van der Waals surface area contributed by atoms with Crippen molar-refractivity contribution in [1.29, 1.82) is 0 Å². The van der Waals surface area contributed by atoms with Crippen LogP contribution in [0.25, 0.3) is 0 Å². The highest BCUT2D eigenvalue weighted by molar-refractivity contribution is 6.23. The van der Waals surface area contributed by atoms with Gasteiger partial charge in [-0.2, -0.15) is 5.10 Å². The summed E-state index contributed by atoms with van der Waals surface area (Å²) >= 11 is 0. The standard InChI is InChI=1S/C29H27FN6O5/c1-15-12-24(34-33-15)31-26(38)18-4-2-16(3-5-18)17-8-10-35(11-9-17)23-14-20-19(13-21(23)30)28(40)36(29(20)41)22-6-7-25(37)32-27(22)39/h2-5,12-14,17,22H,6-11H2,1H3,(H,32,37,39)(H2,31,33,34,38). The van der Waals surface area contributed by atoms with E-state index in [0.29, 0.717) is 24.5 Å². The van der Waals surface area contributed by atoms with Crippen molar-refractivity contribution < 1.29 is 28.4 Å². The van der Waals surface area contributed by atoms with Gasteiger partial charge in [0.05, 0.1) is 16.8 Å². The lowest BCUT2D eigenvalue weighted by molar-refractivity contribution is -0.136. The Kier molecular flexibility index (Phi) is 6.60. The van der Waals surface area contributed by atoms with Gasteiger partial charge in [-0.1, -0.05) is 12.1 Å². The van der Waals surface area contributed by atoms with Gasteiger partial charge in [-0.05, 0) is 61.9 Å². The summed E-state index contributed by atoms with van der Waals surface area (Å²) in [6.45, 7) is 2.90. The minimum Gasteiger partial charge on any atom is -0.369 e. The van der Waals surface area contributed by atoms with E-state index in [1.807, 2.05) is 24.0 Å². The Labute approximate surface area is 234 Å². The highest BCUT2D eigenvalue weighted by Gasteiger charge is 2.45. The molecule has 5 amide bonds. The number of hydrogen-bond donors (Lipinski definition) is 3. The van der Waals surface area contributed by atoms with E-state index in [9.17, 15) is 24.0 Å². The lowest BCUT2D eigenvalue weighted by Gasteiger charge is -2.34. The maximum atomic E-state index is 15.2. The van der Waals surface area contributed by atoms with E-state index >= 15 is 4.39 Å². The Morgan fingerprint density at radius 3 is 2.29 bits per heavy atom. The third-order valence-electron chi connectivity index (χ3n) is 7.93. The van der Waals surface area contributed by atoms with Crippen LogP contribution in [0.2, 0.25) is 0 Å². The van der Waals surface area contributed by atoms with Crippen LogP contribution in [0.5, 0.6) is 0 Å². The summed E-state index contributed by atoms with van der Waals surface area (Å²) < 4.78 is 15.2. The molecule has 1 unspecified atom stereocenters. The van der Waals surface area contributed by atoms with Gasteiger partial charge >= 0.3 is 0 Å². The maximum Gasteiger partial charge on any atom is 0.262 e. The van der Waals surface area contributed by atoms with Crippen molar-refractivity contribution in [1.82, 2.24) is 20.4 Å². The predicted octanol–water partition coefficient (Wildman–Crippen LogP) is 2.89. The number of aryl methyl sites for hydroxylation is 1. The van der Waals surface area contributed by atoms with E-state index in [1.165, 1.54) is 6.07 Å². The molecule has 0 bridgehead atoms. The summed E-state index contributed by atoms with van der Waals surface area (Å²) in [6, 6.07) is 10.5. The number of hydrogen-bond acceptors (Lipinski definition) is 7. The van der Waals surface area contributed by atoms with Gasteiger partial charge in [-0.3, -0.25) is 39.3 Å². The van der Waals surface area contributed by atoms with Crippen LogP contribution in [0.1, 0.15) is 73.9 Å². The molecule has 0 saturated carbocycles. The van der Waals surface area contributed by atoms with Gasteiger partial charge in [0.25, 0.3) is 17.7 Å². The predicted molar refractivity (Wildman–Crippen MR) is 145 cm³/mol. The molecule has 3 aromatic rings. The summed E-state index contributed by atoms with van der Waals surface area (Å²) in [5.74, 6) is -2.77. The van der Waals surface area contributed by atoms with Crippen LogP contribution >= 0.6 is 0 Å². The first-order chi connectivity index (χ1) is 19.7. The number of carbonyl (C=O) groups excluding carboxylic acids is 5. The lowest BCUT2D eigenvalue weighted by atomic mass is 9.88. The Balaban J connectivity index is 1.12. The number of imide groups is 2. The highest BCUT2D eigenvalue weighted by atomic mass is 19.1. The number of rotatable bonds is 5. The fraction of sp³-hybridized carbons (Fsp3) is 0.310. The van der Waals surface area contributed by atoms with Crippen molar-refractivity contribution in [2.75, 3.05) is 23.3 Å². The van der Waals surface area contributed by atoms with Crippen LogP contribution in [-0.4, -0.2) is 63.8 Å². The summed E-state index contributed by atoms with van der Waals surface area (Å²) in [6.07, 6.45) is 1.50. The van der Waals surface area contributed by atoms with Crippen LogP contribution in [0.4, 0.5) is 15.9 Å². The molecular formula is C29H27FN6O5. The molecule has 3 N–H and O–H groups in total. The second-order valence-electron chi connectivity index (χ2n) is 10.6. The van der Waals surface area contributed by atoms with Crippen LogP contribution in [0, 0.1) is 12.7 Å². The van der Waals surface area contributed by atoms with Gasteiger partial charge in [-0.15, -0.1) is 0 Å². The molecule has 210 valence electrons. The molecule has 0 aliphatic carbocycles. The van der Waals surface area contributed by atoms with Crippen LogP contribution in [0.15, 0.2) is 42.5 Å². The van der Waals surface area contributed by atoms with Gasteiger partial charge in [0, 0.05) is 36.8 Å². The van der Waals surface area contributed by atoms with Crippen molar-refractivity contribution in [3.63, 3.8) is 0 Å². The fourth-order valence-corrected chi connectivity index (χ4v) is 5.75. The monoisotopic (exact) mass is 558 g/mol. The molecule has 41 heavy (non-hydrogen) atoms. The quantitative estimate of drug-likeness (QED) is 0.409. The third-order valence-corrected chi connectivity index (χ3v) is 7.93. The number of aromatic nitrogens is 2. The number of nitrogens with one attached hydrogen (secondary N) is 3. The maximum absolute atomic E-state index is 15.2. The SMILES string of the molecule is Cc1cc(NC(=O)c2ccc(C3CCN(c4cc5c(cc4F)C(=O)N(C4CCC(=O)NC4=O)C5=O)CC3)cc2)n[nH]1. The molecule has 3 aliphatic rings. The normalized spacial score (nSPS) is 19.4. The van der Waals surface area contributed by atoms with Crippen molar-refractivity contribution in [2.24, 2.45) is 0 Å². The smallest absolute Gasteiger partial charge is 0.262 e. The van der Waals surface area contributed by atoms with Gasteiger partial charge < -0.3 is 10.2 Å². The third kappa shape index (κ3) is 4.85. The van der Waals surface area contributed by atoms with Crippen LogP contribution in [0.3, 0.4) is 0 Å². The molecular weight excluding hydrogens is 531 g/mol. The number of anilines is 2. The first-order valence-corrected chi connectivity index (χ1v) is 13.4. The topological polar surface area (TPSA) is 145 Å². The van der Waals surface area contributed by atoms with E-state index in [2.05, 4.69) is 20.8 Å². The minimum absolute atomic E-state index is 0.0130. The fourth-order valence-electron chi connectivity index (χ4n) is 5.75. The Hall–Kier alpha value is -4.87. The minimum atomic E-state index is -1.10. The van der Waals surface area contributed by atoms with E-state index in [4.69, 9.17) is 0 Å². The molecule has 2 aromatic carbocycles. The molecule has 3 aliphatic heterocycles. The first-order valence-electron chi connectivity index (χ1n) is 13.4. The zero-order valence-corrected chi connectivity index (χ0v) is 22.2. The summed E-state index contributed by atoms with van der Waals surface area (Å²) in [5.41, 5.74) is 2.63. The van der Waals surface area contributed by atoms with Crippen molar-refractivity contribution >= 4 is 41.0 Å². The van der Waals surface area contributed by atoms with Gasteiger partial charge in [0.15, 0.2) is 5.82 Å². The molecule has 0 radical (unpaired) electrons. The number of carbonyl (C=O) groups is 5. The summed E-state index contributed by atoms with van der Waals surface area (Å²) in [4.78, 5) is 65.1. The van der Waals surface area contributed by atoms with Gasteiger partial charge in [0.1, 0.15) is 11.9 Å². The summed E-state index contributed by atoms with van der Waals surface area (Å²) in [7, 11) is 0. The van der Waals surface area contributed by atoms with Crippen LogP contribution < -0.4 is 15.5 Å². The van der Waals surface area contributed by atoms with Crippen LogP contribution in [-0.2, 0) is 9.59 Å². The van der Waals surface area contributed by atoms with Crippen molar-refractivity contribution in [3.05, 3.63) is 76.2 Å². The Morgan fingerprint density at radius 2 is 1.66 bits per heavy atom. The molecule has 4 heterocycles. The van der Waals surface area contributed by atoms with Gasteiger partial charge in [-0.25, -0.2) is 4.39 Å². The molecule has 0 spiro atoms. The van der Waals surface area contributed by atoms with Crippen molar-refractivity contribution in [2.45, 2.75) is 44.6 Å². The second-order valence-corrected chi connectivity index (χ2v) is 10.6. The molecule has 12 heteroatoms. The molecule has 11 nitrogen and oxygen atoms in total. The van der Waals surface area contributed by atoms with E-state index < -0.39 is 35.5 Å². The zero-order valence-electron chi connectivity index (χ0n) is 22.2. The van der Waals surface area contributed by atoms with Gasteiger partial charge in [0.2, 0.25) is 11.8 Å². The number of aromatic amines is 1. The lowest BCUT2D eigenvalue weighted by Crippen LogP contribution is -2.54. The second kappa shape index (κ2) is 10.3. The number of piperidine rings is 2. The molecule has 1 aromatic heterocycles. The average molecular weight is 559 g/mol. The number of benzene rings is 2. The molecule has 6 rings (SSSR count). The first kappa shape index (κ1) is 26.4. The number of nitrogens with zero attached hydrogens (tertiary/aromatic N) is 3. The van der Waals surface area contributed by atoms with Crippen molar-refractivity contribution in [3.8, 4) is 0 Å². The number of fused-ring (bicyclic) bond motifs is 1. The largest absolute Gasteiger partial charge is 0.369 e. The zero-order chi connectivity index (χ0) is 28.8.